The van der Waals surface area contributed by atoms with Crippen LogP contribution in [0.2, 0.25) is 0 Å². The fourth-order valence-corrected chi connectivity index (χ4v) is 3.62. The molecule has 7 heteroatoms. The molecule has 0 N–H and O–H groups in total. The Balaban J connectivity index is 2.19. The summed E-state index contributed by atoms with van der Waals surface area (Å²) < 4.78 is 30.9. The maximum atomic E-state index is 12.7. The lowest BCUT2D eigenvalue weighted by Crippen LogP contribution is -2.41. The molecule has 0 saturated heterocycles. The number of hydrogen-bond donors (Lipinski definition) is 0. The highest BCUT2D eigenvalue weighted by molar-refractivity contribution is 7.92. The van der Waals surface area contributed by atoms with Crippen LogP contribution >= 0.6 is 0 Å². The Hall–Kier alpha value is -2.54. The third kappa shape index (κ3) is 5.23. The Morgan fingerprint density at radius 3 is 2.26 bits per heavy atom. The van der Waals surface area contributed by atoms with Gasteiger partial charge in [-0.05, 0) is 48.7 Å². The number of nitrogens with zero attached hydrogens (tertiary/aromatic N) is 2. The predicted molar refractivity (Wildman–Crippen MR) is 108 cm³/mol. The molecule has 0 fully saturated rings. The molecule has 0 aromatic heterocycles. The first-order chi connectivity index (χ1) is 12.6. The van der Waals surface area contributed by atoms with Crippen molar-refractivity contribution in [1.82, 2.24) is 4.90 Å². The molecule has 0 bridgehead atoms. The highest BCUT2D eigenvalue weighted by atomic mass is 32.2. The summed E-state index contributed by atoms with van der Waals surface area (Å²) in [5.41, 5.74) is 3.28. The topological polar surface area (TPSA) is 66.9 Å². The molecule has 0 radical (unpaired) electrons. The number of anilines is 1. The second-order valence-electron chi connectivity index (χ2n) is 6.59. The second kappa shape index (κ2) is 8.43. The molecule has 0 saturated carbocycles. The first-order valence-electron chi connectivity index (χ1n) is 8.54. The quantitative estimate of drug-likeness (QED) is 0.729. The smallest absolute Gasteiger partial charge is 0.243 e. The van der Waals surface area contributed by atoms with Gasteiger partial charge in [0.05, 0.1) is 19.1 Å². The molecule has 0 aliphatic carbocycles. The molecule has 0 aliphatic heterocycles. The number of methoxy groups -OCH3 is 1. The molecule has 0 atom stereocenters. The molecule has 0 aliphatic rings. The van der Waals surface area contributed by atoms with Gasteiger partial charge in [0, 0.05) is 13.6 Å². The fourth-order valence-electron chi connectivity index (χ4n) is 2.72. The molecule has 0 spiro atoms. The number of carbonyl (C=O) groups excluding carboxylic acids is 1. The first-order valence-corrected chi connectivity index (χ1v) is 10.4. The van der Waals surface area contributed by atoms with Crippen LogP contribution in [0, 0.1) is 13.8 Å². The molecule has 0 unspecified atom stereocenters. The number of benzene rings is 2. The van der Waals surface area contributed by atoms with E-state index < -0.39 is 10.0 Å². The lowest BCUT2D eigenvalue weighted by atomic mass is 10.1. The first kappa shape index (κ1) is 20.8. The van der Waals surface area contributed by atoms with Gasteiger partial charge in [-0.2, -0.15) is 0 Å². The Labute approximate surface area is 161 Å². The second-order valence-corrected chi connectivity index (χ2v) is 8.49. The van der Waals surface area contributed by atoms with E-state index in [1.54, 1.807) is 26.3 Å². The van der Waals surface area contributed by atoms with Crippen molar-refractivity contribution in [2.75, 3.05) is 31.3 Å². The van der Waals surface area contributed by atoms with Gasteiger partial charge >= 0.3 is 0 Å². The van der Waals surface area contributed by atoms with E-state index >= 15 is 0 Å². The van der Waals surface area contributed by atoms with E-state index in [-0.39, 0.29) is 12.5 Å². The number of ether oxygens (including phenoxy) is 1. The molecular formula is C20H26N2O4S. The van der Waals surface area contributed by atoms with Crippen LogP contribution < -0.4 is 9.04 Å². The molecule has 27 heavy (non-hydrogen) atoms. The third-order valence-electron chi connectivity index (χ3n) is 4.53. The molecule has 2 aromatic rings. The van der Waals surface area contributed by atoms with Gasteiger partial charge in [-0.15, -0.1) is 0 Å². The van der Waals surface area contributed by atoms with Gasteiger partial charge in [0.1, 0.15) is 12.3 Å². The third-order valence-corrected chi connectivity index (χ3v) is 5.65. The molecule has 2 rings (SSSR count). The maximum absolute atomic E-state index is 12.7. The molecule has 146 valence electrons. The van der Waals surface area contributed by atoms with Gasteiger partial charge in [-0.3, -0.25) is 9.10 Å². The van der Waals surface area contributed by atoms with E-state index in [9.17, 15) is 13.2 Å². The van der Waals surface area contributed by atoms with Crippen molar-refractivity contribution in [2.24, 2.45) is 0 Å². The highest BCUT2D eigenvalue weighted by Crippen LogP contribution is 2.25. The molecular weight excluding hydrogens is 364 g/mol. The summed E-state index contributed by atoms with van der Waals surface area (Å²) in [6.45, 7) is 3.91. The summed E-state index contributed by atoms with van der Waals surface area (Å²) in [6.07, 6.45) is 1.12. The van der Waals surface area contributed by atoms with E-state index in [2.05, 4.69) is 0 Å². The van der Waals surface area contributed by atoms with Crippen molar-refractivity contribution < 1.29 is 17.9 Å². The van der Waals surface area contributed by atoms with Gasteiger partial charge < -0.3 is 9.64 Å². The summed E-state index contributed by atoms with van der Waals surface area (Å²) in [5, 5.41) is 0. The van der Waals surface area contributed by atoms with Crippen molar-refractivity contribution in [1.29, 1.82) is 0 Å². The van der Waals surface area contributed by atoms with E-state index in [4.69, 9.17) is 4.74 Å². The minimum atomic E-state index is -3.60. The summed E-state index contributed by atoms with van der Waals surface area (Å²) in [4.78, 5) is 14.2. The maximum Gasteiger partial charge on any atom is 0.243 e. The Morgan fingerprint density at radius 1 is 1.07 bits per heavy atom. The van der Waals surface area contributed by atoms with Crippen molar-refractivity contribution in [3.63, 3.8) is 0 Å². The van der Waals surface area contributed by atoms with E-state index in [1.165, 1.54) is 9.21 Å². The standard InChI is InChI=1S/C20H26N2O4S/c1-15-7-6-8-19(16(15)2)22(27(5,24)25)14-20(23)21(3)13-17-9-11-18(26-4)12-10-17/h6-12H,13-14H2,1-5H3. The van der Waals surface area contributed by atoms with E-state index in [0.29, 0.717) is 12.2 Å². The molecule has 2 aromatic carbocycles. The SMILES string of the molecule is COc1ccc(CN(C)C(=O)CN(c2cccc(C)c2C)S(C)(=O)=O)cc1. The van der Waals surface area contributed by atoms with Crippen LogP contribution in [0.1, 0.15) is 16.7 Å². The Morgan fingerprint density at radius 2 is 1.70 bits per heavy atom. The number of amides is 1. The van der Waals surface area contributed by atoms with Crippen LogP contribution in [-0.2, 0) is 21.4 Å². The Bertz CT molecular complexity index is 908. The molecule has 1 amide bonds. The molecule has 6 nitrogen and oxygen atoms in total. The minimum absolute atomic E-state index is 0.240. The van der Waals surface area contributed by atoms with Crippen LogP contribution in [-0.4, -0.2) is 46.2 Å². The van der Waals surface area contributed by atoms with Crippen LogP contribution in [0.4, 0.5) is 5.69 Å². The van der Waals surface area contributed by atoms with Crippen LogP contribution in [0.5, 0.6) is 5.75 Å². The fraction of sp³-hybridized carbons (Fsp3) is 0.350. The van der Waals surface area contributed by atoms with Crippen LogP contribution in [0.3, 0.4) is 0 Å². The zero-order chi connectivity index (χ0) is 20.2. The monoisotopic (exact) mass is 390 g/mol. The molecule has 0 heterocycles. The van der Waals surface area contributed by atoms with Gasteiger partial charge in [0.15, 0.2) is 0 Å². The zero-order valence-electron chi connectivity index (χ0n) is 16.4. The van der Waals surface area contributed by atoms with Gasteiger partial charge in [0.25, 0.3) is 0 Å². The Kier molecular flexibility index (Phi) is 6.49. The van der Waals surface area contributed by atoms with Crippen LogP contribution in [0.25, 0.3) is 0 Å². The van der Waals surface area contributed by atoms with E-state index in [1.807, 2.05) is 44.2 Å². The number of aryl methyl sites for hydroxylation is 1. The summed E-state index contributed by atoms with van der Waals surface area (Å²) in [5.74, 6) is 0.461. The minimum Gasteiger partial charge on any atom is -0.497 e. The summed E-state index contributed by atoms with van der Waals surface area (Å²) >= 11 is 0. The van der Waals surface area contributed by atoms with Crippen molar-refractivity contribution in [3.05, 3.63) is 59.2 Å². The van der Waals surface area contributed by atoms with Crippen LogP contribution in [0.15, 0.2) is 42.5 Å². The van der Waals surface area contributed by atoms with Crippen molar-refractivity contribution in [2.45, 2.75) is 20.4 Å². The largest absolute Gasteiger partial charge is 0.497 e. The lowest BCUT2D eigenvalue weighted by Gasteiger charge is -2.27. The van der Waals surface area contributed by atoms with Gasteiger partial charge in [0.2, 0.25) is 15.9 Å². The zero-order valence-corrected chi connectivity index (χ0v) is 17.2. The van der Waals surface area contributed by atoms with Gasteiger partial charge in [-0.1, -0.05) is 24.3 Å². The number of hydrogen-bond acceptors (Lipinski definition) is 4. The van der Waals surface area contributed by atoms with Gasteiger partial charge in [-0.25, -0.2) is 8.42 Å². The summed E-state index contributed by atoms with van der Waals surface area (Å²) in [7, 11) is -0.341. The van der Waals surface area contributed by atoms with E-state index in [0.717, 1.165) is 28.7 Å². The average Bonchev–Trinajstić information content (AvgIpc) is 2.62. The lowest BCUT2D eigenvalue weighted by molar-refractivity contribution is -0.128. The summed E-state index contributed by atoms with van der Waals surface area (Å²) in [6, 6.07) is 12.8. The van der Waals surface area contributed by atoms with Crippen molar-refractivity contribution in [3.8, 4) is 5.75 Å². The number of likely N-dealkylation sites (N-methyl/N-ethyl adjacent to an activating group) is 1. The van der Waals surface area contributed by atoms with Crippen molar-refractivity contribution >= 4 is 21.6 Å². The number of sulfonamides is 1. The average molecular weight is 391 g/mol. The normalized spacial score (nSPS) is 11.1. The highest BCUT2D eigenvalue weighted by Gasteiger charge is 2.24. The predicted octanol–water partition coefficient (Wildman–Crippen LogP) is 2.74. The number of rotatable bonds is 7. The number of carbonyl (C=O) groups is 1.